The van der Waals surface area contributed by atoms with E-state index in [1.807, 2.05) is 0 Å². The first-order chi connectivity index (χ1) is 8.55. The van der Waals surface area contributed by atoms with Crippen LogP contribution in [0.25, 0.3) is 0 Å². The van der Waals surface area contributed by atoms with Gasteiger partial charge in [-0.05, 0) is 38.8 Å². The molecular weight excluding hydrogens is 302 g/mol. The molecule has 0 aliphatic heterocycles. The molecule has 98 valence electrons. The van der Waals surface area contributed by atoms with Crippen LogP contribution < -0.4 is 0 Å². The van der Waals surface area contributed by atoms with Crippen LogP contribution in [-0.4, -0.2) is 19.8 Å². The molecule has 5 heteroatoms. The molecule has 0 aromatic rings. The van der Waals surface area contributed by atoms with E-state index >= 15 is 0 Å². The Labute approximate surface area is 128 Å². The van der Waals surface area contributed by atoms with Gasteiger partial charge in [0, 0.05) is 25.7 Å². The fourth-order valence-electron chi connectivity index (χ4n) is 1.41. The minimum absolute atomic E-state index is 0. The van der Waals surface area contributed by atoms with Crippen LogP contribution in [0.4, 0.5) is 0 Å². The zero-order valence-electron chi connectivity index (χ0n) is 11.7. The predicted octanol–water partition coefficient (Wildman–Crippen LogP) is 2.74. The Hall–Kier alpha value is -0.924. The third-order valence-electron chi connectivity index (χ3n) is 2.81. The van der Waals surface area contributed by atoms with E-state index in [-0.39, 0.29) is 19.8 Å². The summed E-state index contributed by atoms with van der Waals surface area (Å²) in [7, 11) is 0. The van der Waals surface area contributed by atoms with Crippen molar-refractivity contribution >= 4 is 19.8 Å². The summed E-state index contributed by atoms with van der Waals surface area (Å²) in [4.78, 5) is 0. The van der Waals surface area contributed by atoms with E-state index in [9.17, 15) is 0 Å². The molecule has 1 aliphatic rings. The molecule has 4 nitrogen and oxygen atoms in total. The molecule has 19 heavy (non-hydrogen) atoms. The topological polar surface area (TPSA) is 79.6 Å². The zero-order valence-corrected chi connectivity index (χ0v) is 14.1. The van der Waals surface area contributed by atoms with Crippen LogP contribution in [0.1, 0.15) is 34.6 Å². The minimum Gasteiger partial charge on any atom is 0 e. The summed E-state index contributed by atoms with van der Waals surface area (Å²) in [5.41, 5.74) is 5.87. The molecule has 1 rings (SSSR count). The van der Waals surface area contributed by atoms with Gasteiger partial charge in [0.2, 0.25) is 0 Å². The maximum absolute atomic E-state index is 7.50. The minimum atomic E-state index is 0. The number of hydrogen-bond donors (Lipinski definition) is 0. The van der Waals surface area contributed by atoms with Gasteiger partial charge in [-0.25, -0.2) is 0 Å². The number of hydrogen-bond acceptors (Lipinski definition) is 0. The predicted molar refractivity (Wildman–Crippen MR) is 67.1 cm³/mol. The van der Waals surface area contributed by atoms with Gasteiger partial charge in [0.1, 0.15) is 0 Å². The summed E-state index contributed by atoms with van der Waals surface area (Å²) in [5.74, 6) is 1.47. The summed E-state index contributed by atoms with van der Waals surface area (Å²) in [5, 5.41) is 0. The summed E-state index contributed by atoms with van der Waals surface area (Å²) >= 11 is 0. The van der Waals surface area contributed by atoms with Crippen LogP contribution >= 0.6 is 0 Å². The van der Waals surface area contributed by atoms with E-state index in [0.29, 0.717) is 0 Å². The molecule has 0 saturated heterocycles. The van der Waals surface area contributed by atoms with E-state index in [0.717, 1.165) is 0 Å². The molecule has 0 spiro atoms. The molecule has 0 heterocycles. The molecule has 0 aromatic carbocycles. The van der Waals surface area contributed by atoms with Gasteiger partial charge in [0.15, 0.2) is 0 Å². The molecular formula is C14H15GaO4. The first-order valence-electron chi connectivity index (χ1n) is 4.57. The normalized spacial score (nSPS) is 11.6. The maximum Gasteiger partial charge on any atom is 0 e. The first kappa shape index (κ1) is 30.8. The Morgan fingerprint density at radius 3 is 0.684 bits per heavy atom. The van der Waals surface area contributed by atoms with Crippen LogP contribution in [0, 0.1) is 32.5 Å². The Morgan fingerprint density at radius 2 is 0.632 bits per heavy atom. The zero-order chi connectivity index (χ0) is 15.9. The van der Waals surface area contributed by atoms with Crippen LogP contribution in [0.3, 0.4) is 0 Å². The number of allylic oxidation sites excluding steroid dienone is 4. The van der Waals surface area contributed by atoms with Crippen LogP contribution in [0.5, 0.6) is 0 Å². The number of rotatable bonds is 0. The fourth-order valence-corrected chi connectivity index (χ4v) is 1.41. The van der Waals surface area contributed by atoms with Crippen molar-refractivity contribution in [1.82, 2.24) is 0 Å². The van der Waals surface area contributed by atoms with E-state index in [4.69, 9.17) is 18.6 Å². The molecule has 4 radical (unpaired) electrons. The summed E-state index contributed by atoms with van der Waals surface area (Å²) in [6.45, 7) is 29.0. The van der Waals surface area contributed by atoms with Crippen LogP contribution in [0.15, 0.2) is 22.3 Å². The summed E-state index contributed by atoms with van der Waals surface area (Å²) < 4.78 is 30.0. The van der Waals surface area contributed by atoms with Crippen molar-refractivity contribution in [1.29, 1.82) is 0 Å². The van der Waals surface area contributed by atoms with Crippen molar-refractivity contribution in [2.24, 2.45) is 0 Å². The summed E-state index contributed by atoms with van der Waals surface area (Å²) in [6.07, 6.45) is 0. The summed E-state index contributed by atoms with van der Waals surface area (Å²) in [6, 6.07) is 0. The third kappa shape index (κ3) is 10.7. The van der Waals surface area contributed by atoms with E-state index < -0.39 is 0 Å². The van der Waals surface area contributed by atoms with Gasteiger partial charge in [0.05, 0.1) is 0 Å². The van der Waals surface area contributed by atoms with E-state index in [1.54, 1.807) is 0 Å². The molecule has 0 aromatic heterocycles. The molecule has 0 N–H and O–H groups in total. The Kier molecular flexibility index (Phi) is 36.1. The third-order valence-corrected chi connectivity index (χ3v) is 2.81. The first-order valence-corrected chi connectivity index (χ1v) is 4.57. The molecule has 0 amide bonds. The van der Waals surface area contributed by atoms with Crippen molar-refractivity contribution in [2.75, 3.05) is 0 Å². The fraction of sp³-hybridized carbons (Fsp3) is 0.357. The average molecular weight is 317 g/mol. The van der Waals surface area contributed by atoms with Crippen molar-refractivity contribution in [3.63, 3.8) is 0 Å². The van der Waals surface area contributed by atoms with Crippen LogP contribution in [-0.2, 0) is 18.6 Å². The Balaban J connectivity index is -0.0000000628. The molecule has 0 saturated carbocycles. The second-order valence-electron chi connectivity index (χ2n) is 3.12. The molecule has 1 aliphatic carbocycles. The average Bonchev–Trinajstić information content (AvgIpc) is 2.65. The van der Waals surface area contributed by atoms with Gasteiger partial charge in [-0.1, -0.05) is 18.1 Å². The van der Waals surface area contributed by atoms with Gasteiger partial charge in [-0.3, -0.25) is 0 Å². The Morgan fingerprint density at radius 1 is 0.474 bits per heavy atom. The molecule has 0 bridgehead atoms. The van der Waals surface area contributed by atoms with E-state index in [2.05, 4.69) is 61.2 Å². The molecule has 0 fully saturated rings. The van der Waals surface area contributed by atoms with Gasteiger partial charge >= 0.3 is 45.2 Å². The van der Waals surface area contributed by atoms with E-state index in [1.165, 1.54) is 28.2 Å². The molecule has 0 atom stereocenters. The largest absolute Gasteiger partial charge is 0 e. The Bertz CT molecular complexity index is 322. The second-order valence-corrected chi connectivity index (χ2v) is 3.12. The standard InChI is InChI=1S/C10H15.4CO.Ga/c1-6-7(2)9(4)10(5)8(6)3;4*1-2;/h1-5H3;;;;;. The van der Waals surface area contributed by atoms with Gasteiger partial charge in [-0.2, -0.15) is 0 Å². The monoisotopic (exact) mass is 316 g/mol. The van der Waals surface area contributed by atoms with Gasteiger partial charge in [0.25, 0.3) is 0 Å². The maximum atomic E-state index is 7.50. The van der Waals surface area contributed by atoms with Crippen molar-refractivity contribution < 1.29 is 18.6 Å². The smallest absolute Gasteiger partial charge is 0 e. The van der Waals surface area contributed by atoms with Crippen molar-refractivity contribution in [3.8, 4) is 0 Å². The van der Waals surface area contributed by atoms with Crippen molar-refractivity contribution in [2.45, 2.75) is 34.6 Å². The van der Waals surface area contributed by atoms with Gasteiger partial charge < -0.3 is 0 Å². The molecule has 0 unspecified atom stereocenters. The van der Waals surface area contributed by atoms with Crippen LogP contribution in [0.2, 0.25) is 0 Å². The van der Waals surface area contributed by atoms with Gasteiger partial charge in [-0.15, -0.1) is 0 Å². The van der Waals surface area contributed by atoms with Crippen molar-refractivity contribution in [3.05, 3.63) is 54.8 Å². The second kappa shape index (κ2) is 22.3. The quantitative estimate of drug-likeness (QED) is 0.374. The SMILES string of the molecule is C[C]1C(C)=C(C)C(C)=C1C.[C-]#[O+].[C-]#[O+].[C-]#[O+].[C-]#[O+].[Ga].